The van der Waals surface area contributed by atoms with Crippen molar-refractivity contribution in [2.75, 3.05) is 13.7 Å². The number of hydrogen-bond acceptors (Lipinski definition) is 3. The maximum absolute atomic E-state index is 8.95. The fraction of sp³-hybridized carbons (Fsp3) is 0.333. The molecule has 0 fully saturated rings. The second-order valence-corrected chi connectivity index (χ2v) is 6.25. The Balaban J connectivity index is 0.000000471. The van der Waals surface area contributed by atoms with Gasteiger partial charge < -0.3 is 4.74 Å². The van der Waals surface area contributed by atoms with Crippen LogP contribution in [0.3, 0.4) is 0 Å². The van der Waals surface area contributed by atoms with Crippen LogP contribution in [0.2, 0.25) is 0 Å². The predicted molar refractivity (Wildman–Crippen MR) is 98.9 cm³/mol. The average Bonchev–Trinajstić information content (AvgIpc) is 3.05. The van der Waals surface area contributed by atoms with E-state index in [4.69, 9.17) is 9.79 Å². The molecule has 2 aromatic rings. The van der Waals surface area contributed by atoms with Gasteiger partial charge in [0.15, 0.2) is 0 Å². The molecule has 0 aromatic heterocycles. The van der Waals surface area contributed by atoms with E-state index >= 15 is 0 Å². The lowest BCUT2D eigenvalue weighted by atomic mass is 9.90. The molecule has 0 radical (unpaired) electrons. The molecule has 0 N–H and O–H groups in total. The number of aliphatic imine (C=N–C) groups is 1. The summed E-state index contributed by atoms with van der Waals surface area (Å²) in [5.41, 5.74) is 8.05. The maximum atomic E-state index is 8.95. The summed E-state index contributed by atoms with van der Waals surface area (Å²) >= 11 is 0. The van der Waals surface area contributed by atoms with Gasteiger partial charge in [0.05, 0.1) is 7.11 Å². The Kier molecular flexibility index (Phi) is 6.30. The van der Waals surface area contributed by atoms with Crippen LogP contribution in [0.4, 0.5) is 0 Å². The molecule has 24 heavy (non-hydrogen) atoms. The Labute approximate surface area is 144 Å². The SMILES string of the molecule is COC=O.Cc1cccc(C2=NCC(c3ccc(C)cc3C)C2)c1. The zero-order valence-electron chi connectivity index (χ0n) is 14.9. The van der Waals surface area contributed by atoms with E-state index in [2.05, 4.69) is 68.0 Å². The van der Waals surface area contributed by atoms with Crippen molar-refractivity contribution in [3.05, 3.63) is 70.3 Å². The number of methoxy groups -OCH3 is 1. The molecule has 1 aliphatic rings. The number of carbonyl (C=O) groups excluding carboxylic acids is 1. The number of benzene rings is 2. The number of rotatable bonds is 3. The van der Waals surface area contributed by atoms with Crippen molar-refractivity contribution < 1.29 is 9.53 Å². The van der Waals surface area contributed by atoms with Crippen molar-refractivity contribution in [3.63, 3.8) is 0 Å². The predicted octanol–water partition coefficient (Wildman–Crippen LogP) is 4.38. The van der Waals surface area contributed by atoms with E-state index in [9.17, 15) is 0 Å². The number of aryl methyl sites for hydroxylation is 3. The molecule has 1 heterocycles. The Bertz CT molecular complexity index is 734. The Morgan fingerprint density at radius 3 is 2.42 bits per heavy atom. The molecule has 126 valence electrons. The van der Waals surface area contributed by atoms with Crippen LogP contribution in [0.25, 0.3) is 0 Å². The Hall–Kier alpha value is -2.42. The van der Waals surface area contributed by atoms with Crippen molar-refractivity contribution in [1.29, 1.82) is 0 Å². The maximum Gasteiger partial charge on any atom is 0.292 e. The first-order valence-electron chi connectivity index (χ1n) is 8.19. The van der Waals surface area contributed by atoms with Crippen LogP contribution in [0, 0.1) is 20.8 Å². The fourth-order valence-electron chi connectivity index (χ4n) is 3.11. The van der Waals surface area contributed by atoms with Gasteiger partial charge >= 0.3 is 0 Å². The lowest BCUT2D eigenvalue weighted by molar-refractivity contribution is -0.126. The lowest BCUT2D eigenvalue weighted by Crippen LogP contribution is -2.04. The van der Waals surface area contributed by atoms with E-state index in [1.807, 2.05) is 0 Å². The van der Waals surface area contributed by atoms with Gasteiger partial charge in [-0.25, -0.2) is 0 Å². The molecule has 1 unspecified atom stereocenters. The van der Waals surface area contributed by atoms with Gasteiger partial charge in [-0.05, 0) is 43.9 Å². The zero-order valence-corrected chi connectivity index (χ0v) is 14.9. The summed E-state index contributed by atoms with van der Waals surface area (Å²) in [6.07, 6.45) is 1.06. The monoisotopic (exact) mass is 323 g/mol. The molecule has 0 bridgehead atoms. The number of hydrogen-bond donors (Lipinski definition) is 0. The van der Waals surface area contributed by atoms with Crippen LogP contribution in [0.15, 0.2) is 47.5 Å². The summed E-state index contributed by atoms with van der Waals surface area (Å²) in [5.74, 6) is 0.547. The van der Waals surface area contributed by atoms with E-state index in [1.54, 1.807) is 0 Å². The third-order valence-corrected chi connectivity index (χ3v) is 4.25. The summed E-state index contributed by atoms with van der Waals surface area (Å²) in [5, 5.41) is 0. The quantitative estimate of drug-likeness (QED) is 0.786. The summed E-state index contributed by atoms with van der Waals surface area (Å²) in [6.45, 7) is 7.81. The molecule has 1 atom stereocenters. The Morgan fingerprint density at radius 1 is 1.08 bits per heavy atom. The summed E-state index contributed by atoms with van der Waals surface area (Å²) in [7, 11) is 1.31. The lowest BCUT2D eigenvalue weighted by Gasteiger charge is -2.13. The van der Waals surface area contributed by atoms with E-state index < -0.39 is 0 Å². The second kappa shape index (κ2) is 8.44. The van der Waals surface area contributed by atoms with Crippen LogP contribution < -0.4 is 0 Å². The minimum Gasteiger partial charge on any atom is -0.471 e. The van der Waals surface area contributed by atoms with E-state index in [1.165, 1.54) is 40.6 Å². The third kappa shape index (κ3) is 4.54. The van der Waals surface area contributed by atoms with E-state index in [0.717, 1.165) is 13.0 Å². The minimum absolute atomic E-state index is 0.375. The van der Waals surface area contributed by atoms with Gasteiger partial charge in [0.25, 0.3) is 6.47 Å². The normalized spacial score (nSPS) is 16.0. The van der Waals surface area contributed by atoms with Crippen molar-refractivity contribution in [3.8, 4) is 0 Å². The van der Waals surface area contributed by atoms with E-state index in [0.29, 0.717) is 12.4 Å². The van der Waals surface area contributed by atoms with Crippen LogP contribution in [-0.2, 0) is 9.53 Å². The van der Waals surface area contributed by atoms with Gasteiger partial charge in [0.2, 0.25) is 0 Å². The summed E-state index contributed by atoms with van der Waals surface area (Å²) in [4.78, 5) is 13.7. The summed E-state index contributed by atoms with van der Waals surface area (Å²) in [6, 6.07) is 15.5. The molecular formula is C21H25NO2. The molecule has 3 rings (SSSR count). The number of nitrogens with zero attached hydrogens (tertiary/aromatic N) is 1. The highest BCUT2D eigenvalue weighted by molar-refractivity contribution is 6.02. The van der Waals surface area contributed by atoms with Gasteiger partial charge in [-0.1, -0.05) is 53.6 Å². The number of carbonyl (C=O) groups is 1. The number of ether oxygens (including phenoxy) is 1. The van der Waals surface area contributed by atoms with Crippen molar-refractivity contribution in [2.24, 2.45) is 4.99 Å². The Morgan fingerprint density at radius 2 is 1.79 bits per heavy atom. The topological polar surface area (TPSA) is 38.7 Å². The molecular weight excluding hydrogens is 298 g/mol. The first-order chi connectivity index (χ1) is 11.5. The first-order valence-corrected chi connectivity index (χ1v) is 8.19. The largest absolute Gasteiger partial charge is 0.471 e. The molecule has 3 nitrogen and oxygen atoms in total. The first kappa shape index (κ1) is 17.9. The average molecular weight is 323 g/mol. The molecule has 2 aromatic carbocycles. The molecule has 3 heteroatoms. The molecule has 0 aliphatic carbocycles. The zero-order chi connectivity index (χ0) is 17.5. The summed E-state index contributed by atoms with van der Waals surface area (Å²) < 4.78 is 3.86. The van der Waals surface area contributed by atoms with E-state index in [-0.39, 0.29) is 0 Å². The van der Waals surface area contributed by atoms with Crippen molar-refractivity contribution in [2.45, 2.75) is 33.1 Å². The molecule has 0 saturated carbocycles. The van der Waals surface area contributed by atoms with Gasteiger partial charge in [-0.2, -0.15) is 0 Å². The van der Waals surface area contributed by atoms with Crippen molar-refractivity contribution in [1.82, 2.24) is 0 Å². The highest BCUT2D eigenvalue weighted by Gasteiger charge is 2.22. The standard InChI is InChI=1S/C19H21N.C2H4O2/c1-13-5-4-6-16(10-13)19-11-17(12-20-19)18-8-7-14(2)9-15(18)3;1-4-2-3/h4-10,17H,11-12H2,1-3H3;2H,1H3. The molecule has 0 spiro atoms. The molecule has 1 aliphatic heterocycles. The minimum atomic E-state index is 0.375. The van der Waals surface area contributed by atoms with Crippen LogP contribution in [0.5, 0.6) is 0 Å². The smallest absolute Gasteiger partial charge is 0.292 e. The van der Waals surface area contributed by atoms with Crippen LogP contribution >= 0.6 is 0 Å². The van der Waals surface area contributed by atoms with Crippen LogP contribution in [-0.4, -0.2) is 25.8 Å². The molecule has 0 saturated heterocycles. The highest BCUT2D eigenvalue weighted by Crippen LogP contribution is 2.30. The van der Waals surface area contributed by atoms with Crippen molar-refractivity contribution >= 4 is 12.2 Å². The fourth-order valence-corrected chi connectivity index (χ4v) is 3.11. The highest BCUT2D eigenvalue weighted by atomic mass is 16.5. The van der Waals surface area contributed by atoms with Gasteiger partial charge in [0, 0.05) is 18.2 Å². The van der Waals surface area contributed by atoms with Crippen LogP contribution in [0.1, 0.15) is 40.2 Å². The van der Waals surface area contributed by atoms with Gasteiger partial charge in [0.1, 0.15) is 0 Å². The van der Waals surface area contributed by atoms with Gasteiger partial charge in [-0.15, -0.1) is 0 Å². The molecule has 0 amide bonds. The third-order valence-electron chi connectivity index (χ3n) is 4.25. The second-order valence-electron chi connectivity index (χ2n) is 6.25. The van der Waals surface area contributed by atoms with Gasteiger partial charge in [-0.3, -0.25) is 9.79 Å².